The number of piperazine rings is 1. The van der Waals surface area contributed by atoms with E-state index in [-0.39, 0.29) is 24.6 Å². The van der Waals surface area contributed by atoms with Gasteiger partial charge in [-0.05, 0) is 32.3 Å². The van der Waals surface area contributed by atoms with Gasteiger partial charge in [-0.1, -0.05) is 6.07 Å². The number of piperidine rings is 1. The molecule has 0 spiro atoms. The van der Waals surface area contributed by atoms with Crippen LogP contribution >= 0.6 is 0 Å². The number of methoxy groups -OCH3 is 1. The number of amides is 1. The van der Waals surface area contributed by atoms with Crippen LogP contribution < -0.4 is 4.74 Å². The minimum atomic E-state index is -0.258. The molecule has 1 amide bonds. The summed E-state index contributed by atoms with van der Waals surface area (Å²) in [5.41, 5.74) is 0.648. The molecule has 0 bridgehead atoms. The number of likely N-dealkylation sites (tertiary alicyclic amines) is 1. The molecule has 1 N–H and O–H groups in total. The SMILES string of the molecule is CCOC(=O)N1CCC(N2CCN(Cc3ccc(OC)cc3F)C(CCO)C2)CC1. The van der Waals surface area contributed by atoms with Crippen LogP contribution in [-0.2, 0) is 11.3 Å². The smallest absolute Gasteiger partial charge is 0.409 e. The Bertz CT molecular complexity index is 697. The molecule has 168 valence electrons. The van der Waals surface area contributed by atoms with Crippen molar-refractivity contribution < 1.29 is 23.8 Å². The Kier molecular flexibility index (Phi) is 8.30. The molecule has 2 saturated heterocycles. The first-order valence-electron chi connectivity index (χ1n) is 10.9. The zero-order chi connectivity index (χ0) is 21.5. The number of carbonyl (C=O) groups excluding carboxylic acids is 1. The van der Waals surface area contributed by atoms with E-state index in [4.69, 9.17) is 9.47 Å². The van der Waals surface area contributed by atoms with E-state index in [1.165, 1.54) is 13.2 Å². The number of rotatable bonds is 7. The van der Waals surface area contributed by atoms with Gasteiger partial charge in [0.15, 0.2) is 0 Å². The molecule has 0 radical (unpaired) electrons. The van der Waals surface area contributed by atoms with Gasteiger partial charge >= 0.3 is 6.09 Å². The van der Waals surface area contributed by atoms with Crippen molar-refractivity contribution in [1.82, 2.24) is 14.7 Å². The summed E-state index contributed by atoms with van der Waals surface area (Å²) in [6.45, 7) is 6.87. The van der Waals surface area contributed by atoms with Crippen molar-refractivity contribution in [2.75, 3.05) is 53.0 Å². The normalized spacial score (nSPS) is 21.6. The van der Waals surface area contributed by atoms with Gasteiger partial charge in [0.1, 0.15) is 11.6 Å². The Labute approximate surface area is 178 Å². The van der Waals surface area contributed by atoms with Crippen molar-refractivity contribution in [1.29, 1.82) is 0 Å². The largest absolute Gasteiger partial charge is 0.497 e. The van der Waals surface area contributed by atoms with E-state index in [1.54, 1.807) is 17.0 Å². The van der Waals surface area contributed by atoms with Crippen molar-refractivity contribution in [3.05, 3.63) is 29.6 Å². The molecule has 2 aliphatic heterocycles. The lowest BCUT2D eigenvalue weighted by Gasteiger charge is -2.46. The maximum atomic E-state index is 14.4. The van der Waals surface area contributed by atoms with Gasteiger partial charge in [0.25, 0.3) is 0 Å². The summed E-state index contributed by atoms with van der Waals surface area (Å²) >= 11 is 0. The molecule has 2 heterocycles. The van der Waals surface area contributed by atoms with Crippen LogP contribution in [0.1, 0.15) is 31.7 Å². The summed E-state index contributed by atoms with van der Waals surface area (Å²) in [6, 6.07) is 5.59. The summed E-state index contributed by atoms with van der Waals surface area (Å²) in [4.78, 5) is 18.5. The predicted molar refractivity (Wildman–Crippen MR) is 112 cm³/mol. The number of hydrogen-bond acceptors (Lipinski definition) is 6. The van der Waals surface area contributed by atoms with Gasteiger partial charge < -0.3 is 19.5 Å². The second kappa shape index (κ2) is 10.9. The molecule has 1 aromatic rings. The Morgan fingerprint density at radius 3 is 2.63 bits per heavy atom. The third-order valence-corrected chi connectivity index (χ3v) is 6.24. The van der Waals surface area contributed by atoms with Gasteiger partial charge in [0.2, 0.25) is 0 Å². The van der Waals surface area contributed by atoms with E-state index < -0.39 is 0 Å². The van der Waals surface area contributed by atoms with Gasteiger partial charge in [0, 0.05) is 69.6 Å². The first kappa shape index (κ1) is 22.8. The molecule has 3 rings (SSSR count). The molecule has 8 heteroatoms. The topological polar surface area (TPSA) is 65.5 Å². The number of nitrogens with zero attached hydrogens (tertiary/aromatic N) is 3. The van der Waals surface area contributed by atoms with Gasteiger partial charge in [0.05, 0.1) is 13.7 Å². The summed E-state index contributed by atoms with van der Waals surface area (Å²) in [6.07, 6.45) is 2.30. The third-order valence-electron chi connectivity index (χ3n) is 6.24. The molecule has 30 heavy (non-hydrogen) atoms. The van der Waals surface area contributed by atoms with Crippen molar-refractivity contribution in [3.8, 4) is 5.75 Å². The quantitative estimate of drug-likeness (QED) is 0.726. The predicted octanol–water partition coefficient (Wildman–Crippen LogP) is 2.32. The fraction of sp³-hybridized carbons (Fsp3) is 0.682. The molecule has 0 aliphatic carbocycles. The van der Waals surface area contributed by atoms with E-state index >= 15 is 0 Å². The molecule has 0 saturated carbocycles. The van der Waals surface area contributed by atoms with Crippen molar-refractivity contribution >= 4 is 6.09 Å². The highest BCUT2D eigenvalue weighted by atomic mass is 19.1. The summed E-state index contributed by atoms with van der Waals surface area (Å²) in [5, 5.41) is 9.57. The molecule has 0 aromatic heterocycles. The first-order chi connectivity index (χ1) is 14.5. The lowest BCUT2D eigenvalue weighted by atomic mass is 9.99. The maximum absolute atomic E-state index is 14.4. The number of aliphatic hydroxyl groups is 1. The number of aliphatic hydroxyl groups excluding tert-OH is 1. The molecular formula is C22H34FN3O4. The van der Waals surface area contributed by atoms with Crippen LogP contribution in [0.15, 0.2) is 18.2 Å². The van der Waals surface area contributed by atoms with Gasteiger partial charge in [-0.15, -0.1) is 0 Å². The number of hydrogen-bond donors (Lipinski definition) is 1. The Morgan fingerprint density at radius 1 is 1.23 bits per heavy atom. The van der Waals surface area contributed by atoms with Gasteiger partial charge in [-0.3, -0.25) is 9.80 Å². The molecule has 1 aromatic carbocycles. The number of ether oxygens (including phenoxy) is 2. The van der Waals surface area contributed by atoms with E-state index in [1.807, 2.05) is 6.92 Å². The molecular weight excluding hydrogens is 389 g/mol. The Balaban J connectivity index is 1.57. The number of carbonyl (C=O) groups is 1. The minimum absolute atomic E-state index is 0.113. The average Bonchev–Trinajstić information content (AvgIpc) is 2.76. The van der Waals surface area contributed by atoms with Crippen LogP contribution in [0.5, 0.6) is 5.75 Å². The van der Waals surface area contributed by atoms with Crippen molar-refractivity contribution in [2.24, 2.45) is 0 Å². The van der Waals surface area contributed by atoms with E-state index in [9.17, 15) is 14.3 Å². The summed E-state index contributed by atoms with van der Waals surface area (Å²) in [5.74, 6) is 0.257. The van der Waals surface area contributed by atoms with E-state index in [2.05, 4.69) is 9.80 Å². The molecule has 2 aliphatic rings. The molecule has 1 unspecified atom stereocenters. The Morgan fingerprint density at radius 2 is 2.00 bits per heavy atom. The highest BCUT2D eigenvalue weighted by Crippen LogP contribution is 2.25. The lowest BCUT2D eigenvalue weighted by molar-refractivity contribution is 0.0117. The Hall–Kier alpha value is -1.90. The van der Waals surface area contributed by atoms with Crippen molar-refractivity contribution in [2.45, 2.75) is 44.8 Å². The zero-order valence-electron chi connectivity index (χ0n) is 18.1. The fourth-order valence-electron chi connectivity index (χ4n) is 4.51. The monoisotopic (exact) mass is 423 g/mol. The maximum Gasteiger partial charge on any atom is 0.409 e. The fourth-order valence-corrected chi connectivity index (χ4v) is 4.51. The van der Waals surface area contributed by atoms with Crippen LogP contribution in [-0.4, -0.2) is 91.0 Å². The number of halogens is 1. The van der Waals surface area contributed by atoms with Gasteiger partial charge in [-0.25, -0.2) is 9.18 Å². The van der Waals surface area contributed by atoms with Crippen LogP contribution in [0.2, 0.25) is 0 Å². The first-order valence-corrected chi connectivity index (χ1v) is 10.9. The number of benzene rings is 1. The van der Waals surface area contributed by atoms with Crippen LogP contribution in [0, 0.1) is 5.82 Å². The molecule has 7 nitrogen and oxygen atoms in total. The average molecular weight is 424 g/mol. The second-order valence-corrected chi connectivity index (χ2v) is 8.01. The van der Waals surface area contributed by atoms with Crippen LogP contribution in [0.4, 0.5) is 9.18 Å². The van der Waals surface area contributed by atoms with Crippen LogP contribution in [0.3, 0.4) is 0 Å². The lowest BCUT2D eigenvalue weighted by Crippen LogP contribution is -2.57. The molecule has 2 fully saturated rings. The summed E-state index contributed by atoms with van der Waals surface area (Å²) < 4.78 is 24.6. The van der Waals surface area contributed by atoms with Crippen LogP contribution in [0.25, 0.3) is 0 Å². The third kappa shape index (κ3) is 5.62. The van der Waals surface area contributed by atoms with E-state index in [0.29, 0.717) is 50.0 Å². The van der Waals surface area contributed by atoms with Gasteiger partial charge in [-0.2, -0.15) is 0 Å². The standard InChI is InChI=1S/C22H34FN3O4/c1-3-30-22(28)24-9-6-18(7-10-24)26-12-11-25(19(16-26)8-13-27)15-17-4-5-20(29-2)14-21(17)23/h4-5,14,18-19,27H,3,6-13,15-16H2,1-2H3. The highest BCUT2D eigenvalue weighted by molar-refractivity contribution is 5.67. The minimum Gasteiger partial charge on any atom is -0.497 e. The zero-order valence-corrected chi connectivity index (χ0v) is 18.1. The van der Waals surface area contributed by atoms with E-state index in [0.717, 1.165) is 32.5 Å². The highest BCUT2D eigenvalue weighted by Gasteiger charge is 2.33. The summed E-state index contributed by atoms with van der Waals surface area (Å²) in [7, 11) is 1.53. The van der Waals surface area contributed by atoms with Crippen molar-refractivity contribution in [3.63, 3.8) is 0 Å². The second-order valence-electron chi connectivity index (χ2n) is 8.01. The molecule has 1 atom stereocenters.